The van der Waals surface area contributed by atoms with E-state index in [1.54, 1.807) is 0 Å². The normalized spacial score (nSPS) is 32.2. The highest BCUT2D eigenvalue weighted by Gasteiger charge is 2.33. The van der Waals surface area contributed by atoms with E-state index in [2.05, 4.69) is 33.0 Å². The second kappa shape index (κ2) is 8.16. The van der Waals surface area contributed by atoms with Crippen molar-refractivity contribution in [1.29, 1.82) is 0 Å². The molecule has 0 amide bonds. The number of likely N-dealkylation sites (N-methyl/N-ethyl adjacent to an activating group) is 1. The Morgan fingerprint density at radius 1 is 1.17 bits per heavy atom. The molecule has 5 atom stereocenters. The predicted octanol–water partition coefficient (Wildman–Crippen LogP) is 3.85. The standard InChI is InChI=1S/C16H33NO/c1-6-8-15(18-5)16(17-7-2)14-10-9-12(3)13(4)11-14/h12-17H,6-11H2,1-5H3. The van der Waals surface area contributed by atoms with Crippen LogP contribution < -0.4 is 5.32 Å². The van der Waals surface area contributed by atoms with Gasteiger partial charge in [-0.15, -0.1) is 0 Å². The van der Waals surface area contributed by atoms with Crippen LogP contribution in [0.25, 0.3) is 0 Å². The van der Waals surface area contributed by atoms with Gasteiger partial charge in [0, 0.05) is 13.2 Å². The fraction of sp³-hybridized carbons (Fsp3) is 1.00. The fourth-order valence-corrected chi connectivity index (χ4v) is 3.48. The third kappa shape index (κ3) is 4.24. The summed E-state index contributed by atoms with van der Waals surface area (Å²) in [5.74, 6) is 2.56. The third-order valence-electron chi connectivity index (χ3n) is 4.86. The molecule has 1 aliphatic rings. The maximum atomic E-state index is 5.76. The number of ether oxygens (including phenoxy) is 1. The quantitative estimate of drug-likeness (QED) is 0.746. The summed E-state index contributed by atoms with van der Waals surface area (Å²) in [5.41, 5.74) is 0. The Morgan fingerprint density at radius 3 is 2.39 bits per heavy atom. The Morgan fingerprint density at radius 2 is 1.89 bits per heavy atom. The smallest absolute Gasteiger partial charge is 0.0726 e. The zero-order valence-electron chi connectivity index (χ0n) is 13.0. The molecule has 0 heterocycles. The molecule has 5 unspecified atom stereocenters. The second-order valence-corrected chi connectivity index (χ2v) is 6.17. The molecular formula is C16H33NO. The summed E-state index contributed by atoms with van der Waals surface area (Å²) in [4.78, 5) is 0. The second-order valence-electron chi connectivity index (χ2n) is 6.17. The van der Waals surface area contributed by atoms with E-state index in [-0.39, 0.29) is 0 Å². The Balaban J connectivity index is 2.65. The Hall–Kier alpha value is -0.0800. The minimum atomic E-state index is 0.389. The molecule has 1 fully saturated rings. The van der Waals surface area contributed by atoms with Gasteiger partial charge in [-0.05, 0) is 43.6 Å². The van der Waals surface area contributed by atoms with E-state index in [1.807, 2.05) is 7.11 Å². The van der Waals surface area contributed by atoms with Crippen LogP contribution in [0.1, 0.15) is 59.8 Å². The minimum absolute atomic E-state index is 0.389. The van der Waals surface area contributed by atoms with Gasteiger partial charge < -0.3 is 10.1 Å². The molecule has 0 aromatic heterocycles. The van der Waals surface area contributed by atoms with Crippen molar-refractivity contribution in [2.75, 3.05) is 13.7 Å². The highest BCUT2D eigenvalue weighted by atomic mass is 16.5. The molecule has 108 valence electrons. The number of rotatable bonds is 7. The molecule has 0 radical (unpaired) electrons. The average Bonchev–Trinajstić information content (AvgIpc) is 2.37. The van der Waals surface area contributed by atoms with Crippen LogP contribution in [0.2, 0.25) is 0 Å². The van der Waals surface area contributed by atoms with Gasteiger partial charge in [-0.3, -0.25) is 0 Å². The summed E-state index contributed by atoms with van der Waals surface area (Å²) in [6, 6.07) is 0.551. The van der Waals surface area contributed by atoms with E-state index >= 15 is 0 Å². The molecule has 1 N–H and O–H groups in total. The van der Waals surface area contributed by atoms with E-state index in [0.29, 0.717) is 12.1 Å². The maximum Gasteiger partial charge on any atom is 0.0726 e. The molecule has 0 aromatic carbocycles. The first-order valence-electron chi connectivity index (χ1n) is 7.90. The monoisotopic (exact) mass is 255 g/mol. The molecule has 1 saturated carbocycles. The lowest BCUT2D eigenvalue weighted by Gasteiger charge is -2.40. The molecule has 0 aliphatic heterocycles. The van der Waals surface area contributed by atoms with Crippen LogP contribution in [-0.2, 0) is 4.74 Å². The van der Waals surface area contributed by atoms with Crippen molar-refractivity contribution in [2.24, 2.45) is 17.8 Å². The van der Waals surface area contributed by atoms with Gasteiger partial charge in [-0.25, -0.2) is 0 Å². The van der Waals surface area contributed by atoms with E-state index in [4.69, 9.17) is 4.74 Å². The van der Waals surface area contributed by atoms with E-state index in [1.165, 1.54) is 32.1 Å². The van der Waals surface area contributed by atoms with Crippen LogP contribution in [-0.4, -0.2) is 25.8 Å². The lowest BCUT2D eigenvalue weighted by atomic mass is 9.72. The SMILES string of the molecule is CCCC(OC)C(NCC)C1CCC(C)C(C)C1. The molecule has 2 heteroatoms. The predicted molar refractivity (Wildman–Crippen MR) is 78.8 cm³/mol. The van der Waals surface area contributed by atoms with Gasteiger partial charge in [0.1, 0.15) is 0 Å². The zero-order valence-corrected chi connectivity index (χ0v) is 13.0. The van der Waals surface area contributed by atoms with Gasteiger partial charge >= 0.3 is 0 Å². The Labute approximate surface area is 114 Å². The summed E-state index contributed by atoms with van der Waals surface area (Å²) in [6.07, 6.45) is 6.89. The summed E-state index contributed by atoms with van der Waals surface area (Å²) >= 11 is 0. The van der Waals surface area contributed by atoms with Crippen LogP contribution in [0.15, 0.2) is 0 Å². The third-order valence-corrected chi connectivity index (χ3v) is 4.86. The average molecular weight is 255 g/mol. The lowest BCUT2D eigenvalue weighted by molar-refractivity contribution is 0.0238. The molecule has 18 heavy (non-hydrogen) atoms. The van der Waals surface area contributed by atoms with Gasteiger partial charge in [0.2, 0.25) is 0 Å². The van der Waals surface area contributed by atoms with Gasteiger partial charge in [-0.1, -0.05) is 40.5 Å². The molecule has 1 rings (SSSR count). The maximum absolute atomic E-state index is 5.76. The van der Waals surface area contributed by atoms with Crippen molar-refractivity contribution in [3.63, 3.8) is 0 Å². The van der Waals surface area contributed by atoms with Crippen LogP contribution in [0.5, 0.6) is 0 Å². The highest BCUT2D eigenvalue weighted by Crippen LogP contribution is 2.36. The van der Waals surface area contributed by atoms with Crippen LogP contribution in [0.4, 0.5) is 0 Å². The molecule has 0 bridgehead atoms. The molecule has 2 nitrogen and oxygen atoms in total. The molecule has 0 spiro atoms. The first-order chi connectivity index (χ1) is 8.63. The molecule has 0 saturated heterocycles. The molecule has 0 aromatic rings. The van der Waals surface area contributed by atoms with Crippen molar-refractivity contribution in [3.05, 3.63) is 0 Å². The van der Waals surface area contributed by atoms with Crippen molar-refractivity contribution < 1.29 is 4.74 Å². The van der Waals surface area contributed by atoms with Gasteiger partial charge in [0.15, 0.2) is 0 Å². The van der Waals surface area contributed by atoms with E-state index in [9.17, 15) is 0 Å². The number of hydrogen-bond acceptors (Lipinski definition) is 2. The summed E-state index contributed by atoms with van der Waals surface area (Å²) in [7, 11) is 1.87. The Bertz CT molecular complexity index is 219. The summed E-state index contributed by atoms with van der Waals surface area (Å²) in [5, 5.41) is 3.70. The number of nitrogens with one attached hydrogen (secondary N) is 1. The van der Waals surface area contributed by atoms with Gasteiger partial charge in [0.25, 0.3) is 0 Å². The van der Waals surface area contributed by atoms with Crippen molar-refractivity contribution in [1.82, 2.24) is 5.32 Å². The highest BCUT2D eigenvalue weighted by molar-refractivity contribution is 4.88. The number of methoxy groups -OCH3 is 1. The van der Waals surface area contributed by atoms with Crippen LogP contribution in [0, 0.1) is 17.8 Å². The van der Waals surface area contributed by atoms with Crippen molar-refractivity contribution in [2.45, 2.75) is 71.9 Å². The number of hydrogen-bond donors (Lipinski definition) is 1. The van der Waals surface area contributed by atoms with Gasteiger partial charge in [-0.2, -0.15) is 0 Å². The fourth-order valence-electron chi connectivity index (χ4n) is 3.48. The van der Waals surface area contributed by atoms with Gasteiger partial charge in [0.05, 0.1) is 6.10 Å². The largest absolute Gasteiger partial charge is 0.380 e. The lowest BCUT2D eigenvalue weighted by Crippen LogP contribution is -2.48. The summed E-state index contributed by atoms with van der Waals surface area (Å²) in [6.45, 7) is 10.3. The first kappa shape index (κ1) is 16.0. The van der Waals surface area contributed by atoms with Crippen molar-refractivity contribution in [3.8, 4) is 0 Å². The van der Waals surface area contributed by atoms with E-state index < -0.39 is 0 Å². The molecular weight excluding hydrogens is 222 g/mol. The first-order valence-corrected chi connectivity index (χ1v) is 7.90. The van der Waals surface area contributed by atoms with Crippen LogP contribution in [0.3, 0.4) is 0 Å². The zero-order chi connectivity index (χ0) is 13.5. The minimum Gasteiger partial charge on any atom is -0.380 e. The van der Waals surface area contributed by atoms with Crippen LogP contribution >= 0.6 is 0 Å². The Kier molecular flexibility index (Phi) is 7.25. The summed E-state index contributed by atoms with van der Waals surface area (Å²) < 4.78 is 5.76. The van der Waals surface area contributed by atoms with E-state index in [0.717, 1.165) is 24.3 Å². The molecule has 1 aliphatic carbocycles. The van der Waals surface area contributed by atoms with Crippen molar-refractivity contribution >= 4 is 0 Å². The topological polar surface area (TPSA) is 21.3 Å².